The van der Waals surface area contributed by atoms with Crippen molar-refractivity contribution in [3.8, 4) is 0 Å². The second-order valence-electron chi connectivity index (χ2n) is 1.61. The van der Waals surface area contributed by atoms with Crippen LogP contribution in [0.5, 0.6) is 0 Å². The molecule has 0 aliphatic rings. The lowest BCUT2D eigenvalue weighted by atomic mass is 10.7. The summed E-state index contributed by atoms with van der Waals surface area (Å²) in [4.78, 5) is 0. The number of aromatic nitrogens is 2. The zero-order chi connectivity index (χ0) is 9.35. The highest BCUT2D eigenvalue weighted by Gasteiger charge is 2.35. The van der Waals surface area contributed by atoms with Crippen molar-refractivity contribution in [2.24, 2.45) is 0 Å². The van der Waals surface area contributed by atoms with Gasteiger partial charge in [-0.15, -0.1) is 10.2 Å². The molecular weight excluding hydrogens is 217 g/mol. The van der Waals surface area contributed by atoms with Crippen molar-refractivity contribution in [2.45, 2.75) is 10.5 Å². The molecule has 4 nitrogen and oxygen atoms in total. The second-order valence-corrected chi connectivity index (χ2v) is 3.70. The van der Waals surface area contributed by atoms with Crippen LogP contribution < -0.4 is 0 Å². The number of rotatable bonds is 1. The summed E-state index contributed by atoms with van der Waals surface area (Å²) < 4.78 is 54.8. The number of hydrogen-bond acceptors (Lipinski definition) is 5. The summed E-state index contributed by atoms with van der Waals surface area (Å²) in [6.45, 7) is 0. The quantitative estimate of drug-likeness (QED) is 0.652. The van der Waals surface area contributed by atoms with Gasteiger partial charge in [0.15, 0.2) is 4.34 Å². The standard InChI is InChI=1S/C3HF3N2O2S2/c4-3(5,6)1-7-8-2(11-1)12(9)10/h(H,9,10)/p-1. The van der Waals surface area contributed by atoms with Gasteiger partial charge in [0.2, 0.25) is 5.01 Å². The van der Waals surface area contributed by atoms with Gasteiger partial charge in [0.05, 0.1) is 0 Å². The Morgan fingerprint density at radius 1 is 1.42 bits per heavy atom. The maximum absolute atomic E-state index is 11.8. The van der Waals surface area contributed by atoms with Gasteiger partial charge in [-0.1, -0.05) is 11.3 Å². The predicted molar refractivity (Wildman–Crippen MR) is 32.1 cm³/mol. The van der Waals surface area contributed by atoms with Crippen LogP contribution in [-0.4, -0.2) is 19.0 Å². The fourth-order valence-corrected chi connectivity index (χ4v) is 1.45. The van der Waals surface area contributed by atoms with Gasteiger partial charge < -0.3 is 4.55 Å². The Balaban J connectivity index is 3.00. The van der Waals surface area contributed by atoms with E-state index in [1.54, 1.807) is 0 Å². The molecule has 1 unspecified atom stereocenters. The van der Waals surface area contributed by atoms with Crippen LogP contribution in [0.1, 0.15) is 5.01 Å². The van der Waals surface area contributed by atoms with E-state index in [9.17, 15) is 21.9 Å². The molecule has 0 aliphatic carbocycles. The highest BCUT2D eigenvalue weighted by atomic mass is 32.2. The van der Waals surface area contributed by atoms with Gasteiger partial charge in [-0.2, -0.15) is 13.2 Å². The van der Waals surface area contributed by atoms with Crippen LogP contribution in [0, 0.1) is 0 Å². The molecule has 1 rings (SSSR count). The van der Waals surface area contributed by atoms with Crippen molar-refractivity contribution in [1.29, 1.82) is 0 Å². The Hall–Kier alpha value is -0.540. The summed E-state index contributed by atoms with van der Waals surface area (Å²) in [5, 5.41) is 4.21. The van der Waals surface area contributed by atoms with E-state index in [1.807, 2.05) is 0 Å². The molecule has 0 bridgehead atoms. The van der Waals surface area contributed by atoms with Crippen LogP contribution in [-0.2, 0) is 17.3 Å². The Kier molecular flexibility index (Phi) is 2.44. The average Bonchev–Trinajstić information content (AvgIpc) is 2.30. The molecular formula is C3F3N2O2S2-. The highest BCUT2D eigenvalue weighted by molar-refractivity contribution is 7.81. The van der Waals surface area contributed by atoms with Crippen LogP contribution >= 0.6 is 11.3 Å². The number of nitrogens with zero attached hydrogens (tertiary/aromatic N) is 2. The molecule has 1 aromatic rings. The van der Waals surface area contributed by atoms with Crippen LogP contribution in [0.4, 0.5) is 13.2 Å². The summed E-state index contributed by atoms with van der Waals surface area (Å²) in [5.41, 5.74) is 0. The van der Waals surface area contributed by atoms with Gasteiger partial charge in [-0.05, 0) is 0 Å². The van der Waals surface area contributed by atoms with E-state index in [2.05, 4.69) is 10.2 Å². The van der Waals surface area contributed by atoms with E-state index in [0.717, 1.165) is 0 Å². The second kappa shape index (κ2) is 3.07. The molecule has 0 aliphatic heterocycles. The van der Waals surface area contributed by atoms with E-state index in [1.165, 1.54) is 0 Å². The third-order valence-electron chi connectivity index (χ3n) is 0.792. The number of halogens is 3. The van der Waals surface area contributed by atoms with E-state index >= 15 is 0 Å². The molecule has 1 aromatic heterocycles. The Morgan fingerprint density at radius 3 is 2.25 bits per heavy atom. The molecule has 9 heteroatoms. The van der Waals surface area contributed by atoms with E-state index in [0.29, 0.717) is 0 Å². The van der Waals surface area contributed by atoms with Crippen molar-refractivity contribution in [1.82, 2.24) is 10.2 Å². The smallest absolute Gasteiger partial charge is 0.445 e. The lowest BCUT2D eigenvalue weighted by Gasteiger charge is -1.98. The first-order valence-corrected chi connectivity index (χ1v) is 4.30. The minimum atomic E-state index is -4.63. The third kappa shape index (κ3) is 1.99. The molecule has 0 fully saturated rings. The lowest BCUT2D eigenvalue weighted by Crippen LogP contribution is -2.03. The van der Waals surface area contributed by atoms with Crippen LogP contribution in [0.25, 0.3) is 0 Å². The van der Waals surface area contributed by atoms with Crippen LogP contribution in [0.3, 0.4) is 0 Å². The fourth-order valence-electron chi connectivity index (χ4n) is 0.392. The summed E-state index contributed by atoms with van der Waals surface area (Å²) in [6, 6.07) is 0. The molecule has 0 radical (unpaired) electrons. The average molecular weight is 217 g/mol. The zero-order valence-corrected chi connectivity index (χ0v) is 6.79. The first-order chi connectivity index (χ1) is 5.41. The molecule has 0 aromatic carbocycles. The molecule has 0 spiro atoms. The minimum Gasteiger partial charge on any atom is -0.767 e. The Labute approximate surface area is 70.7 Å². The molecule has 0 saturated heterocycles. The normalized spacial score (nSPS) is 14.7. The van der Waals surface area contributed by atoms with Crippen molar-refractivity contribution in [3.05, 3.63) is 5.01 Å². The van der Waals surface area contributed by atoms with Crippen molar-refractivity contribution < 1.29 is 21.9 Å². The fraction of sp³-hybridized carbons (Fsp3) is 0.333. The molecule has 1 atom stereocenters. The molecule has 0 N–H and O–H groups in total. The zero-order valence-electron chi connectivity index (χ0n) is 5.16. The summed E-state index contributed by atoms with van der Waals surface area (Å²) in [6.07, 6.45) is -4.63. The molecule has 12 heavy (non-hydrogen) atoms. The van der Waals surface area contributed by atoms with E-state index < -0.39 is 26.6 Å². The lowest BCUT2D eigenvalue weighted by molar-refractivity contribution is -0.138. The number of hydrogen-bond donors (Lipinski definition) is 0. The number of alkyl halides is 3. The largest absolute Gasteiger partial charge is 0.767 e. The van der Waals surface area contributed by atoms with Crippen molar-refractivity contribution in [2.75, 3.05) is 0 Å². The van der Waals surface area contributed by atoms with Crippen LogP contribution in [0.15, 0.2) is 4.34 Å². The summed E-state index contributed by atoms with van der Waals surface area (Å²) in [5.74, 6) is 0. The highest BCUT2D eigenvalue weighted by Crippen LogP contribution is 2.31. The van der Waals surface area contributed by atoms with Gasteiger partial charge in [0.1, 0.15) is 0 Å². The van der Waals surface area contributed by atoms with Crippen molar-refractivity contribution >= 4 is 22.4 Å². The SMILES string of the molecule is O=S([O-])c1nnc(C(F)(F)F)s1. The first-order valence-electron chi connectivity index (χ1n) is 2.41. The monoisotopic (exact) mass is 217 g/mol. The topological polar surface area (TPSA) is 65.9 Å². The maximum atomic E-state index is 11.8. The van der Waals surface area contributed by atoms with Gasteiger partial charge in [0.25, 0.3) is 0 Å². The molecule has 68 valence electrons. The molecule has 0 saturated carbocycles. The van der Waals surface area contributed by atoms with Gasteiger partial charge in [-0.25, -0.2) is 0 Å². The minimum absolute atomic E-state index is 0.0120. The van der Waals surface area contributed by atoms with Gasteiger partial charge in [0, 0.05) is 11.1 Å². The molecule has 1 heterocycles. The van der Waals surface area contributed by atoms with Gasteiger partial charge in [-0.3, -0.25) is 4.21 Å². The van der Waals surface area contributed by atoms with Gasteiger partial charge >= 0.3 is 6.18 Å². The third-order valence-corrected chi connectivity index (χ3v) is 2.58. The van der Waals surface area contributed by atoms with Crippen molar-refractivity contribution in [3.63, 3.8) is 0 Å². The van der Waals surface area contributed by atoms with E-state index in [-0.39, 0.29) is 11.3 Å². The van der Waals surface area contributed by atoms with Crippen LogP contribution in [0.2, 0.25) is 0 Å². The van der Waals surface area contributed by atoms with E-state index in [4.69, 9.17) is 0 Å². The predicted octanol–water partition coefficient (Wildman–Crippen LogP) is 0.795. The summed E-state index contributed by atoms with van der Waals surface area (Å²) >= 11 is -2.76. The molecule has 0 amide bonds. The summed E-state index contributed by atoms with van der Waals surface area (Å²) in [7, 11) is 0. The Morgan fingerprint density at radius 2 is 2.00 bits per heavy atom. The first kappa shape index (κ1) is 9.55. The maximum Gasteiger partial charge on any atom is 0.445 e. The Bertz CT molecular complexity index is 309.